The van der Waals surface area contributed by atoms with E-state index in [0.29, 0.717) is 39.4 Å². The Bertz CT molecular complexity index is 3210. The summed E-state index contributed by atoms with van der Waals surface area (Å²) in [5, 5.41) is 1.63. The van der Waals surface area contributed by atoms with Gasteiger partial charge < -0.3 is 0 Å². The molecule has 10 rings (SSSR count). The van der Waals surface area contributed by atoms with Gasteiger partial charge in [-0.3, -0.25) is 19.4 Å². The van der Waals surface area contributed by atoms with Crippen LogP contribution in [0.1, 0.15) is 76.9 Å². The zero-order chi connectivity index (χ0) is 45.4. The minimum Gasteiger partial charge on any atom is -0.288 e. The van der Waals surface area contributed by atoms with Crippen LogP contribution in [0.15, 0.2) is 151 Å². The zero-order valence-electron chi connectivity index (χ0n) is 36.1. The van der Waals surface area contributed by atoms with Crippen molar-refractivity contribution in [2.45, 2.75) is 46.5 Å². The van der Waals surface area contributed by atoms with Crippen LogP contribution in [-0.2, 0) is 0 Å². The number of nitrogens with zero attached hydrogens (tertiary/aromatic N) is 4. The molecule has 320 valence electrons. The maximum Gasteiger partial charge on any atom is 0.197 e. The third kappa shape index (κ3) is 7.06. The fraction of sp³-hybridized carbons (Fsp3) is 0.127. The van der Waals surface area contributed by atoms with Crippen LogP contribution < -0.4 is 9.80 Å². The summed E-state index contributed by atoms with van der Waals surface area (Å²) in [5.41, 5.74) is 6.03. The summed E-state index contributed by atoms with van der Waals surface area (Å²) in [4.78, 5) is 43.0. The Morgan fingerprint density at radius 1 is 0.492 bits per heavy atom. The molecule has 1 aromatic heterocycles. The smallest absolute Gasteiger partial charge is 0.197 e. The van der Waals surface area contributed by atoms with E-state index in [9.17, 15) is 9.59 Å². The second-order valence-corrected chi connectivity index (χ2v) is 17.2. The number of anilines is 4. The maximum atomic E-state index is 15.4. The molecule has 0 atom stereocenters. The molecule has 0 saturated heterocycles. The largest absolute Gasteiger partial charge is 0.288 e. The quantitative estimate of drug-likeness (QED) is 0.0903. The number of carbonyl (C=O) groups excluding carboxylic acids is 2. The summed E-state index contributed by atoms with van der Waals surface area (Å²) in [5.74, 6) is -3.30. The van der Waals surface area contributed by atoms with Gasteiger partial charge >= 0.3 is 0 Å². The Hall–Kier alpha value is -7.72. The number of allylic oxidation sites excluding steroid dienone is 3. The number of fused-ring (bicyclic) bond motifs is 4. The second-order valence-electron chi connectivity index (χ2n) is 17.2. The first-order chi connectivity index (χ1) is 31.2. The Labute approximate surface area is 372 Å². The van der Waals surface area contributed by atoms with Crippen molar-refractivity contribution >= 4 is 56.4 Å². The van der Waals surface area contributed by atoms with E-state index < -0.39 is 34.8 Å². The number of para-hydroxylation sites is 3. The van der Waals surface area contributed by atoms with Crippen LogP contribution in [0.3, 0.4) is 0 Å². The molecule has 0 bridgehead atoms. The first-order valence-corrected chi connectivity index (χ1v) is 21.4. The maximum absolute atomic E-state index is 15.4. The molecule has 0 saturated carbocycles. The van der Waals surface area contributed by atoms with Gasteiger partial charge in [0.05, 0.1) is 28.0 Å². The van der Waals surface area contributed by atoms with Crippen LogP contribution in [0.25, 0.3) is 44.1 Å². The lowest BCUT2D eigenvalue weighted by Gasteiger charge is -2.32. The molecule has 7 aromatic carbocycles. The lowest BCUT2D eigenvalue weighted by atomic mass is 9.91. The first kappa shape index (κ1) is 41.3. The molecule has 0 N–H and O–H groups in total. The van der Waals surface area contributed by atoms with Crippen LogP contribution in [0.5, 0.6) is 0 Å². The molecular formula is C55H40F4N4O2. The van der Waals surface area contributed by atoms with Crippen molar-refractivity contribution < 1.29 is 27.2 Å². The summed E-state index contributed by atoms with van der Waals surface area (Å²) < 4.78 is 61.5. The lowest BCUT2D eigenvalue weighted by molar-refractivity contribution is 0.0988. The molecule has 1 aliphatic carbocycles. The van der Waals surface area contributed by atoms with Gasteiger partial charge in [-0.05, 0) is 130 Å². The van der Waals surface area contributed by atoms with Crippen LogP contribution in [0.4, 0.5) is 40.6 Å². The average molecular weight is 865 g/mol. The topological polar surface area (TPSA) is 66.4 Å². The van der Waals surface area contributed by atoms with E-state index in [-0.39, 0.29) is 51.2 Å². The van der Waals surface area contributed by atoms with Crippen molar-refractivity contribution in [2.24, 2.45) is 0 Å². The standard InChI is InChI=1S/C55H40F4N4O2/c1-29(2)40-13-10-14-41(30(3)4)50(40)62-49(18-17-42-52(64)45-25-32-11-6-7-12-33(32)26-46(45)53(42)65)63(55-54(62)60-47-15-8-9-16-48(47)61-55)51-43(34-21-36(56)27-37(57)22-34)19-31(5)20-44(51)35-23-38(58)28-39(59)24-35/h6-30H,1-5H3/b49-18+. The number of hydrogen-bond acceptors (Lipinski definition) is 6. The van der Waals surface area contributed by atoms with E-state index in [1.54, 1.807) is 42.2 Å². The normalized spacial score (nSPS) is 14.2. The van der Waals surface area contributed by atoms with Crippen LogP contribution in [-0.4, -0.2) is 21.5 Å². The number of carbonyl (C=O) groups is 2. The Morgan fingerprint density at radius 3 is 1.37 bits per heavy atom. The summed E-state index contributed by atoms with van der Waals surface area (Å²) in [6.45, 7) is 10.1. The first-order valence-electron chi connectivity index (χ1n) is 21.4. The van der Waals surface area contributed by atoms with Crippen LogP contribution in [0, 0.1) is 30.2 Å². The number of aromatic nitrogens is 2. The van der Waals surface area contributed by atoms with Crippen LogP contribution >= 0.6 is 0 Å². The van der Waals surface area contributed by atoms with Crippen LogP contribution in [0.2, 0.25) is 0 Å². The van der Waals surface area contributed by atoms with E-state index in [1.807, 2.05) is 71.6 Å². The third-order valence-corrected chi connectivity index (χ3v) is 12.1. The molecular weight excluding hydrogens is 825 g/mol. The number of benzene rings is 7. The van der Waals surface area contributed by atoms with E-state index in [2.05, 4.69) is 27.7 Å². The van der Waals surface area contributed by atoms with Gasteiger partial charge in [0, 0.05) is 34.4 Å². The number of hydrogen-bond donors (Lipinski definition) is 0. The van der Waals surface area contributed by atoms with E-state index in [4.69, 9.17) is 9.97 Å². The molecule has 8 aromatic rings. The van der Waals surface area contributed by atoms with Gasteiger partial charge in [-0.15, -0.1) is 0 Å². The van der Waals surface area contributed by atoms with E-state index in [1.165, 1.54) is 30.3 Å². The SMILES string of the molecule is Cc1cc(-c2cc(F)cc(F)c2)c(N2/C(=C/C=C3C(=O)c4cc5ccccc5cc4C3=O)N(c3c(C(C)C)cccc3C(C)C)c3nc4ccccc4nc32)c(-c2cc(F)cc(F)c2)c1. The molecule has 2 aliphatic rings. The summed E-state index contributed by atoms with van der Waals surface area (Å²) in [6.07, 6.45) is 3.16. The van der Waals surface area contributed by atoms with Gasteiger partial charge in [0.1, 0.15) is 29.1 Å². The fourth-order valence-corrected chi connectivity index (χ4v) is 9.16. The van der Waals surface area contributed by atoms with Gasteiger partial charge in [0.15, 0.2) is 23.2 Å². The minimum atomic E-state index is -0.835. The third-order valence-electron chi connectivity index (χ3n) is 12.1. The molecule has 0 fully saturated rings. The molecule has 0 spiro atoms. The summed E-state index contributed by atoms with van der Waals surface area (Å²) >= 11 is 0. The summed E-state index contributed by atoms with van der Waals surface area (Å²) in [6, 6.07) is 34.3. The Balaban J connectivity index is 1.35. The average Bonchev–Trinajstić information content (AvgIpc) is 3.69. The number of ketones is 2. The van der Waals surface area contributed by atoms with Gasteiger partial charge in [0.25, 0.3) is 0 Å². The monoisotopic (exact) mass is 864 g/mol. The number of Topliss-reactive ketones (excluding diaryl/α,β-unsaturated/α-hetero) is 2. The second kappa shape index (κ2) is 15.8. The zero-order valence-corrected chi connectivity index (χ0v) is 36.1. The van der Waals surface area contributed by atoms with Gasteiger partial charge in [-0.2, -0.15) is 0 Å². The molecule has 0 amide bonds. The van der Waals surface area contributed by atoms with Crippen molar-refractivity contribution in [1.82, 2.24) is 9.97 Å². The van der Waals surface area contributed by atoms with Crippen molar-refractivity contribution in [2.75, 3.05) is 9.80 Å². The highest BCUT2D eigenvalue weighted by atomic mass is 19.1. The van der Waals surface area contributed by atoms with Crippen molar-refractivity contribution in [3.8, 4) is 22.3 Å². The van der Waals surface area contributed by atoms with E-state index >= 15 is 17.6 Å². The number of rotatable bonds is 7. The molecule has 1 aliphatic heterocycles. The molecule has 0 radical (unpaired) electrons. The van der Waals surface area contributed by atoms with Gasteiger partial charge in [0.2, 0.25) is 0 Å². The Kier molecular flexibility index (Phi) is 10.0. The predicted octanol–water partition coefficient (Wildman–Crippen LogP) is 14.4. The van der Waals surface area contributed by atoms with Gasteiger partial charge in [-0.25, -0.2) is 27.5 Å². The van der Waals surface area contributed by atoms with E-state index in [0.717, 1.165) is 39.7 Å². The minimum absolute atomic E-state index is 0.0214. The fourth-order valence-electron chi connectivity index (χ4n) is 9.16. The van der Waals surface area contributed by atoms with Crippen molar-refractivity contribution in [3.05, 3.63) is 202 Å². The summed E-state index contributed by atoms with van der Waals surface area (Å²) in [7, 11) is 0. The van der Waals surface area contributed by atoms with Crippen molar-refractivity contribution in [1.29, 1.82) is 0 Å². The molecule has 10 heteroatoms. The number of halogens is 4. The highest BCUT2D eigenvalue weighted by Gasteiger charge is 2.42. The predicted molar refractivity (Wildman–Crippen MR) is 249 cm³/mol. The Morgan fingerprint density at radius 2 is 0.923 bits per heavy atom. The van der Waals surface area contributed by atoms with Crippen molar-refractivity contribution in [3.63, 3.8) is 0 Å². The highest BCUT2D eigenvalue weighted by molar-refractivity contribution is 6.40. The highest BCUT2D eigenvalue weighted by Crippen LogP contribution is 2.55. The molecule has 65 heavy (non-hydrogen) atoms. The number of aryl methyl sites for hydroxylation is 1. The molecule has 2 heterocycles. The van der Waals surface area contributed by atoms with Gasteiger partial charge in [-0.1, -0.05) is 82.3 Å². The lowest BCUT2D eigenvalue weighted by Crippen LogP contribution is -2.25. The molecule has 6 nitrogen and oxygen atoms in total. The molecule has 0 unspecified atom stereocenters.